The lowest BCUT2D eigenvalue weighted by Crippen LogP contribution is -2.29. The number of aryl methyl sites for hydroxylation is 1. The van der Waals surface area contributed by atoms with E-state index in [9.17, 15) is 0 Å². The zero-order chi connectivity index (χ0) is 13.9. The van der Waals surface area contributed by atoms with Crippen molar-refractivity contribution in [1.82, 2.24) is 4.98 Å². The normalized spacial score (nSPS) is 15.3. The molecule has 0 aliphatic carbocycles. The molecule has 104 valence electrons. The first kappa shape index (κ1) is 13.0. The second kappa shape index (κ2) is 5.53. The molecular formula is C17H21N3. The Bertz CT molecular complexity index is 584. The Morgan fingerprint density at radius 3 is 2.40 bits per heavy atom. The van der Waals surface area contributed by atoms with Crippen molar-refractivity contribution in [3.05, 3.63) is 42.0 Å². The van der Waals surface area contributed by atoms with Crippen LogP contribution in [0.15, 0.2) is 36.4 Å². The fourth-order valence-corrected chi connectivity index (χ4v) is 2.74. The fraction of sp³-hybridized carbons (Fsp3) is 0.353. The van der Waals surface area contributed by atoms with Gasteiger partial charge in [-0.15, -0.1) is 0 Å². The molecule has 0 amide bonds. The Hall–Kier alpha value is -2.03. The molecule has 1 aromatic heterocycles. The fourth-order valence-electron chi connectivity index (χ4n) is 2.74. The number of rotatable bonds is 2. The van der Waals surface area contributed by atoms with Crippen LogP contribution < -0.4 is 10.6 Å². The van der Waals surface area contributed by atoms with Crippen molar-refractivity contribution in [2.45, 2.75) is 26.2 Å². The van der Waals surface area contributed by atoms with Gasteiger partial charge in [-0.05, 0) is 32.3 Å². The molecule has 20 heavy (non-hydrogen) atoms. The highest BCUT2D eigenvalue weighted by atomic mass is 15.1. The van der Waals surface area contributed by atoms with E-state index >= 15 is 0 Å². The van der Waals surface area contributed by atoms with Crippen molar-refractivity contribution in [3.63, 3.8) is 0 Å². The first-order chi connectivity index (χ1) is 9.72. The second-order valence-electron chi connectivity index (χ2n) is 5.55. The largest absolute Gasteiger partial charge is 0.384 e. The number of nitrogens with two attached hydrogens (primary N) is 1. The van der Waals surface area contributed by atoms with E-state index in [0.29, 0.717) is 5.82 Å². The van der Waals surface area contributed by atoms with Gasteiger partial charge < -0.3 is 10.6 Å². The van der Waals surface area contributed by atoms with Crippen molar-refractivity contribution in [2.24, 2.45) is 0 Å². The molecule has 3 rings (SSSR count). The quantitative estimate of drug-likeness (QED) is 0.903. The zero-order valence-electron chi connectivity index (χ0n) is 12.0. The molecule has 0 radical (unpaired) electrons. The molecule has 0 atom stereocenters. The summed E-state index contributed by atoms with van der Waals surface area (Å²) in [6.07, 6.45) is 3.87. The number of hydrogen-bond donors (Lipinski definition) is 1. The zero-order valence-corrected chi connectivity index (χ0v) is 12.0. The van der Waals surface area contributed by atoms with Crippen LogP contribution >= 0.6 is 0 Å². The predicted octanol–water partition coefficient (Wildman–Crippen LogP) is 3.63. The minimum atomic E-state index is 0.601. The summed E-state index contributed by atoms with van der Waals surface area (Å²) in [5.41, 5.74) is 10.5. The number of benzene rings is 1. The molecule has 0 unspecified atom stereocenters. The maximum absolute atomic E-state index is 6.00. The molecule has 2 aromatic rings. The second-order valence-corrected chi connectivity index (χ2v) is 5.55. The van der Waals surface area contributed by atoms with Crippen LogP contribution in [-0.2, 0) is 0 Å². The van der Waals surface area contributed by atoms with Gasteiger partial charge in [0, 0.05) is 30.4 Å². The standard InChI is InChI=1S/C17H21N3/c1-13-5-7-14(8-6-13)16-11-15(12-17(18)19-16)20-9-3-2-4-10-20/h5-8,11-12H,2-4,9-10H2,1H3,(H2,18,19). The molecule has 1 saturated heterocycles. The van der Waals surface area contributed by atoms with Gasteiger partial charge in [0.2, 0.25) is 0 Å². The topological polar surface area (TPSA) is 42.1 Å². The molecule has 3 nitrogen and oxygen atoms in total. The van der Waals surface area contributed by atoms with E-state index in [2.05, 4.69) is 47.1 Å². The van der Waals surface area contributed by atoms with Gasteiger partial charge in [0.15, 0.2) is 0 Å². The third-order valence-electron chi connectivity index (χ3n) is 3.90. The Balaban J connectivity index is 1.95. The highest BCUT2D eigenvalue weighted by molar-refractivity contribution is 5.68. The third-order valence-corrected chi connectivity index (χ3v) is 3.90. The summed E-state index contributed by atoms with van der Waals surface area (Å²) < 4.78 is 0. The number of piperidine rings is 1. The van der Waals surface area contributed by atoms with E-state index in [4.69, 9.17) is 5.73 Å². The monoisotopic (exact) mass is 267 g/mol. The molecule has 1 fully saturated rings. The van der Waals surface area contributed by atoms with Crippen molar-refractivity contribution in [2.75, 3.05) is 23.7 Å². The number of anilines is 2. The number of aromatic nitrogens is 1. The lowest BCUT2D eigenvalue weighted by molar-refractivity contribution is 0.578. The molecule has 3 heteroatoms. The molecular weight excluding hydrogens is 246 g/mol. The Morgan fingerprint density at radius 2 is 1.70 bits per heavy atom. The maximum Gasteiger partial charge on any atom is 0.126 e. The number of pyridine rings is 1. The van der Waals surface area contributed by atoms with Gasteiger partial charge in [-0.3, -0.25) is 0 Å². The Morgan fingerprint density at radius 1 is 1.00 bits per heavy atom. The van der Waals surface area contributed by atoms with Crippen LogP contribution in [0, 0.1) is 6.92 Å². The Labute approximate surface area is 120 Å². The maximum atomic E-state index is 6.00. The smallest absolute Gasteiger partial charge is 0.126 e. The third kappa shape index (κ3) is 2.77. The van der Waals surface area contributed by atoms with E-state index in [0.717, 1.165) is 24.3 Å². The van der Waals surface area contributed by atoms with Gasteiger partial charge in [0.1, 0.15) is 5.82 Å². The van der Waals surface area contributed by atoms with Gasteiger partial charge in [-0.25, -0.2) is 4.98 Å². The molecule has 1 aliphatic rings. The van der Waals surface area contributed by atoms with E-state index in [1.54, 1.807) is 0 Å². The molecule has 0 spiro atoms. The molecule has 1 aromatic carbocycles. The number of nitrogen functional groups attached to an aromatic ring is 1. The summed E-state index contributed by atoms with van der Waals surface area (Å²) in [6, 6.07) is 12.6. The van der Waals surface area contributed by atoms with Crippen molar-refractivity contribution in [3.8, 4) is 11.3 Å². The van der Waals surface area contributed by atoms with Gasteiger partial charge in [0.05, 0.1) is 5.69 Å². The van der Waals surface area contributed by atoms with Crippen molar-refractivity contribution < 1.29 is 0 Å². The SMILES string of the molecule is Cc1ccc(-c2cc(N3CCCCC3)cc(N)n2)cc1. The predicted molar refractivity (Wildman–Crippen MR) is 84.9 cm³/mol. The van der Waals surface area contributed by atoms with Crippen molar-refractivity contribution in [1.29, 1.82) is 0 Å². The summed E-state index contributed by atoms with van der Waals surface area (Å²) in [4.78, 5) is 6.90. The molecule has 1 aliphatic heterocycles. The van der Waals surface area contributed by atoms with Crippen LogP contribution in [0.5, 0.6) is 0 Å². The van der Waals surface area contributed by atoms with Crippen LogP contribution in [0.2, 0.25) is 0 Å². The number of nitrogens with zero attached hydrogens (tertiary/aromatic N) is 2. The van der Waals surface area contributed by atoms with Crippen LogP contribution in [0.1, 0.15) is 24.8 Å². The molecule has 0 bridgehead atoms. The van der Waals surface area contributed by atoms with Crippen LogP contribution in [-0.4, -0.2) is 18.1 Å². The van der Waals surface area contributed by atoms with Crippen LogP contribution in [0.3, 0.4) is 0 Å². The summed E-state index contributed by atoms with van der Waals surface area (Å²) >= 11 is 0. The Kier molecular flexibility index (Phi) is 3.59. The first-order valence-electron chi connectivity index (χ1n) is 7.32. The minimum absolute atomic E-state index is 0.601. The van der Waals surface area contributed by atoms with Gasteiger partial charge in [-0.1, -0.05) is 29.8 Å². The van der Waals surface area contributed by atoms with Gasteiger partial charge >= 0.3 is 0 Å². The van der Waals surface area contributed by atoms with E-state index in [1.807, 2.05) is 6.07 Å². The molecule has 2 N–H and O–H groups in total. The average molecular weight is 267 g/mol. The minimum Gasteiger partial charge on any atom is -0.384 e. The summed E-state index contributed by atoms with van der Waals surface area (Å²) in [6.45, 7) is 4.34. The van der Waals surface area contributed by atoms with Crippen LogP contribution in [0.4, 0.5) is 11.5 Å². The summed E-state index contributed by atoms with van der Waals surface area (Å²) in [7, 11) is 0. The van der Waals surface area contributed by atoms with Gasteiger partial charge in [0.25, 0.3) is 0 Å². The highest BCUT2D eigenvalue weighted by Gasteiger charge is 2.13. The summed E-state index contributed by atoms with van der Waals surface area (Å²) in [5.74, 6) is 0.601. The molecule has 0 saturated carbocycles. The van der Waals surface area contributed by atoms with Crippen LogP contribution in [0.25, 0.3) is 11.3 Å². The van der Waals surface area contributed by atoms with Gasteiger partial charge in [-0.2, -0.15) is 0 Å². The van der Waals surface area contributed by atoms with E-state index in [1.165, 1.54) is 30.5 Å². The highest BCUT2D eigenvalue weighted by Crippen LogP contribution is 2.27. The molecule has 2 heterocycles. The lowest BCUT2D eigenvalue weighted by Gasteiger charge is -2.29. The average Bonchev–Trinajstić information content (AvgIpc) is 2.48. The summed E-state index contributed by atoms with van der Waals surface area (Å²) in [5, 5.41) is 0. The van der Waals surface area contributed by atoms with E-state index < -0.39 is 0 Å². The van der Waals surface area contributed by atoms with E-state index in [-0.39, 0.29) is 0 Å². The first-order valence-corrected chi connectivity index (χ1v) is 7.32. The number of hydrogen-bond acceptors (Lipinski definition) is 3. The lowest BCUT2D eigenvalue weighted by atomic mass is 10.1. The van der Waals surface area contributed by atoms with Crippen molar-refractivity contribution >= 4 is 11.5 Å².